The van der Waals surface area contributed by atoms with Crippen LogP contribution in [0.15, 0.2) is 58.3 Å². The van der Waals surface area contributed by atoms with Crippen LogP contribution in [0.5, 0.6) is 0 Å². The summed E-state index contributed by atoms with van der Waals surface area (Å²) in [5.74, 6) is -0.215. The van der Waals surface area contributed by atoms with Gasteiger partial charge in [-0.1, -0.05) is 36.0 Å². The van der Waals surface area contributed by atoms with E-state index in [0.717, 1.165) is 22.6 Å². The zero-order chi connectivity index (χ0) is 12.8. The molecule has 0 spiro atoms. The summed E-state index contributed by atoms with van der Waals surface area (Å²) in [6, 6.07) is 14.6. The number of benzene rings is 2. The molecule has 0 amide bonds. The summed E-state index contributed by atoms with van der Waals surface area (Å²) in [5, 5.41) is 8.89. The predicted octanol–water partition coefficient (Wildman–Crippen LogP) is 3.90. The van der Waals surface area contributed by atoms with Crippen molar-refractivity contribution in [3.63, 3.8) is 0 Å². The minimum atomic E-state index is -0.215. The normalized spacial score (nSPS) is 10.6. The molecular formula is C15H15FOS. The van der Waals surface area contributed by atoms with Crippen LogP contribution in [-0.2, 0) is 6.42 Å². The quantitative estimate of drug-likeness (QED) is 0.881. The third-order valence-electron chi connectivity index (χ3n) is 2.60. The Kier molecular flexibility index (Phi) is 4.79. The van der Waals surface area contributed by atoms with Crippen LogP contribution >= 0.6 is 11.8 Å². The lowest BCUT2D eigenvalue weighted by Crippen LogP contribution is -1.91. The topological polar surface area (TPSA) is 20.2 Å². The first-order valence-corrected chi connectivity index (χ1v) is 6.73. The molecule has 0 aliphatic heterocycles. The van der Waals surface area contributed by atoms with Crippen molar-refractivity contribution in [1.29, 1.82) is 0 Å². The Hall–Kier alpha value is -1.32. The average molecular weight is 262 g/mol. The maximum atomic E-state index is 13.1. The molecule has 2 aromatic carbocycles. The molecule has 0 aromatic heterocycles. The van der Waals surface area contributed by atoms with Crippen LogP contribution in [0.4, 0.5) is 4.39 Å². The molecular weight excluding hydrogens is 247 g/mol. The molecule has 0 saturated carbocycles. The minimum absolute atomic E-state index is 0.193. The number of hydrogen-bond acceptors (Lipinski definition) is 2. The standard InChI is InChI=1S/C15H15FOS/c16-13-7-3-8-14(11-13)18-15-9-2-1-5-12(15)6-4-10-17/h1-3,5,7-9,11,17H,4,6,10H2. The second-order valence-electron chi connectivity index (χ2n) is 3.99. The number of hydrogen-bond donors (Lipinski definition) is 1. The van der Waals surface area contributed by atoms with E-state index in [1.807, 2.05) is 24.3 Å². The summed E-state index contributed by atoms with van der Waals surface area (Å²) in [6.07, 6.45) is 1.59. The van der Waals surface area contributed by atoms with Crippen LogP contribution in [-0.4, -0.2) is 11.7 Å². The number of aliphatic hydroxyl groups excluding tert-OH is 1. The molecule has 0 fully saturated rings. The molecule has 1 N–H and O–H groups in total. The van der Waals surface area contributed by atoms with Crippen LogP contribution in [0, 0.1) is 5.82 Å². The second kappa shape index (κ2) is 6.57. The SMILES string of the molecule is OCCCc1ccccc1Sc1cccc(F)c1. The third-order valence-corrected chi connectivity index (χ3v) is 3.71. The van der Waals surface area contributed by atoms with Crippen LogP contribution in [0.25, 0.3) is 0 Å². The van der Waals surface area contributed by atoms with Crippen molar-refractivity contribution in [2.24, 2.45) is 0 Å². The molecule has 0 radical (unpaired) electrons. The minimum Gasteiger partial charge on any atom is -0.396 e. The van der Waals surface area contributed by atoms with Crippen molar-refractivity contribution in [1.82, 2.24) is 0 Å². The molecule has 2 aromatic rings. The van der Waals surface area contributed by atoms with Gasteiger partial charge < -0.3 is 5.11 Å². The van der Waals surface area contributed by atoms with Gasteiger partial charge in [-0.25, -0.2) is 4.39 Å². The molecule has 18 heavy (non-hydrogen) atoms. The van der Waals surface area contributed by atoms with Crippen LogP contribution in [0.3, 0.4) is 0 Å². The monoisotopic (exact) mass is 262 g/mol. The molecule has 0 bridgehead atoms. The highest BCUT2D eigenvalue weighted by molar-refractivity contribution is 7.99. The molecule has 0 atom stereocenters. The highest BCUT2D eigenvalue weighted by Gasteiger charge is 2.04. The molecule has 0 aliphatic rings. The van der Waals surface area contributed by atoms with E-state index in [1.165, 1.54) is 17.7 Å². The Morgan fingerprint density at radius 3 is 2.67 bits per heavy atom. The Labute approximate surface area is 111 Å². The van der Waals surface area contributed by atoms with Gasteiger partial charge in [-0.2, -0.15) is 0 Å². The van der Waals surface area contributed by atoms with Gasteiger partial charge in [-0.15, -0.1) is 0 Å². The zero-order valence-corrected chi connectivity index (χ0v) is 10.8. The highest BCUT2D eigenvalue weighted by atomic mass is 32.2. The van der Waals surface area contributed by atoms with E-state index < -0.39 is 0 Å². The Morgan fingerprint density at radius 1 is 1.06 bits per heavy atom. The zero-order valence-electron chi connectivity index (χ0n) is 9.97. The first-order valence-electron chi connectivity index (χ1n) is 5.92. The van der Waals surface area contributed by atoms with Crippen molar-refractivity contribution in [3.8, 4) is 0 Å². The van der Waals surface area contributed by atoms with E-state index >= 15 is 0 Å². The van der Waals surface area contributed by atoms with Gasteiger partial charge in [0.2, 0.25) is 0 Å². The Balaban J connectivity index is 2.17. The molecule has 94 valence electrons. The van der Waals surface area contributed by atoms with Crippen molar-refractivity contribution in [3.05, 3.63) is 59.9 Å². The fourth-order valence-electron chi connectivity index (χ4n) is 1.74. The molecule has 3 heteroatoms. The van der Waals surface area contributed by atoms with Gasteiger partial charge in [-0.3, -0.25) is 0 Å². The maximum absolute atomic E-state index is 13.1. The van der Waals surface area contributed by atoms with E-state index in [1.54, 1.807) is 17.8 Å². The summed E-state index contributed by atoms with van der Waals surface area (Å²) in [7, 11) is 0. The number of aliphatic hydroxyl groups is 1. The number of rotatable bonds is 5. The molecule has 2 rings (SSSR count). The van der Waals surface area contributed by atoms with Gasteiger partial charge in [0.05, 0.1) is 0 Å². The van der Waals surface area contributed by atoms with Crippen molar-refractivity contribution in [2.45, 2.75) is 22.6 Å². The van der Waals surface area contributed by atoms with Gasteiger partial charge in [0.1, 0.15) is 5.82 Å². The summed E-state index contributed by atoms with van der Waals surface area (Å²) in [5.41, 5.74) is 1.20. The van der Waals surface area contributed by atoms with E-state index in [9.17, 15) is 4.39 Å². The van der Waals surface area contributed by atoms with Crippen molar-refractivity contribution < 1.29 is 9.50 Å². The maximum Gasteiger partial charge on any atom is 0.124 e. The lowest BCUT2D eigenvalue weighted by Gasteiger charge is -2.08. The van der Waals surface area contributed by atoms with Crippen LogP contribution in [0.2, 0.25) is 0 Å². The van der Waals surface area contributed by atoms with Gasteiger partial charge in [0.15, 0.2) is 0 Å². The van der Waals surface area contributed by atoms with Gasteiger partial charge in [-0.05, 0) is 42.7 Å². The predicted molar refractivity (Wildman–Crippen MR) is 72.4 cm³/mol. The Morgan fingerprint density at radius 2 is 1.89 bits per heavy atom. The molecule has 0 heterocycles. The summed E-state index contributed by atoms with van der Waals surface area (Å²) >= 11 is 1.56. The van der Waals surface area contributed by atoms with E-state index in [4.69, 9.17) is 5.11 Å². The summed E-state index contributed by atoms with van der Waals surface area (Å²) in [6.45, 7) is 0.193. The van der Waals surface area contributed by atoms with E-state index in [0.29, 0.717) is 0 Å². The van der Waals surface area contributed by atoms with Crippen LogP contribution < -0.4 is 0 Å². The largest absolute Gasteiger partial charge is 0.396 e. The fraction of sp³-hybridized carbons (Fsp3) is 0.200. The summed E-state index contributed by atoms with van der Waals surface area (Å²) in [4.78, 5) is 2.02. The average Bonchev–Trinajstić information content (AvgIpc) is 2.38. The van der Waals surface area contributed by atoms with Crippen molar-refractivity contribution in [2.75, 3.05) is 6.61 Å². The molecule has 0 aliphatic carbocycles. The van der Waals surface area contributed by atoms with Gasteiger partial charge >= 0.3 is 0 Å². The molecule has 0 unspecified atom stereocenters. The smallest absolute Gasteiger partial charge is 0.124 e. The third kappa shape index (κ3) is 3.59. The van der Waals surface area contributed by atoms with E-state index in [-0.39, 0.29) is 12.4 Å². The molecule has 0 saturated heterocycles. The van der Waals surface area contributed by atoms with E-state index in [2.05, 4.69) is 6.07 Å². The van der Waals surface area contributed by atoms with Gasteiger partial charge in [0.25, 0.3) is 0 Å². The Bertz CT molecular complexity index is 513. The first kappa shape index (κ1) is 13.1. The number of aryl methyl sites for hydroxylation is 1. The van der Waals surface area contributed by atoms with Crippen LogP contribution in [0.1, 0.15) is 12.0 Å². The van der Waals surface area contributed by atoms with Crippen molar-refractivity contribution >= 4 is 11.8 Å². The van der Waals surface area contributed by atoms with Gasteiger partial charge in [0, 0.05) is 16.4 Å². The summed E-state index contributed by atoms with van der Waals surface area (Å²) < 4.78 is 13.1. The fourth-order valence-corrected chi connectivity index (χ4v) is 2.76. The lowest BCUT2D eigenvalue weighted by molar-refractivity contribution is 0.288. The first-order chi connectivity index (χ1) is 8.79. The highest BCUT2D eigenvalue weighted by Crippen LogP contribution is 2.31. The second-order valence-corrected chi connectivity index (χ2v) is 5.11. The lowest BCUT2D eigenvalue weighted by atomic mass is 10.1. The number of halogens is 1. The molecule has 1 nitrogen and oxygen atoms in total.